The average Bonchev–Trinajstić information content (AvgIpc) is 3.08. The van der Waals surface area contributed by atoms with Gasteiger partial charge in [-0.05, 0) is 37.3 Å². The zero-order valence-corrected chi connectivity index (χ0v) is 16.0. The summed E-state index contributed by atoms with van der Waals surface area (Å²) in [6.45, 7) is 1.75. The van der Waals surface area contributed by atoms with Crippen molar-refractivity contribution >= 4 is 28.8 Å². The number of carbonyl (C=O) groups is 2. The number of nitrogens with zero attached hydrogens (tertiary/aromatic N) is 3. The lowest BCUT2D eigenvalue weighted by atomic mass is 10.2. The normalized spacial score (nSPS) is 10.3. The van der Waals surface area contributed by atoms with Gasteiger partial charge in [0.1, 0.15) is 9.88 Å². The van der Waals surface area contributed by atoms with Crippen LogP contribution < -0.4 is 15.8 Å². The van der Waals surface area contributed by atoms with Gasteiger partial charge in [0.25, 0.3) is 11.8 Å². The molecule has 2 N–H and O–H groups in total. The van der Waals surface area contributed by atoms with E-state index in [1.54, 1.807) is 31.3 Å². The SMILES string of the molecule is Cc1nc(-c2ccccn2)sc1C(=O)NNC(=O)c1cccc(N(C)C)c1. The van der Waals surface area contributed by atoms with Crippen molar-refractivity contribution in [2.24, 2.45) is 0 Å². The standard InChI is InChI=1S/C19H19N5O2S/c1-12-16(27-19(21-12)15-9-4-5-10-20-15)18(26)23-22-17(25)13-7-6-8-14(11-13)24(2)3/h4-11H,1-3H3,(H,22,25)(H,23,26). The smallest absolute Gasteiger partial charge is 0.281 e. The number of hydrazine groups is 1. The summed E-state index contributed by atoms with van der Waals surface area (Å²) in [6.07, 6.45) is 1.67. The maximum absolute atomic E-state index is 12.4. The fourth-order valence-electron chi connectivity index (χ4n) is 2.37. The topological polar surface area (TPSA) is 87.2 Å². The summed E-state index contributed by atoms with van der Waals surface area (Å²) in [4.78, 5) is 35.7. The summed E-state index contributed by atoms with van der Waals surface area (Å²) >= 11 is 1.23. The molecular weight excluding hydrogens is 362 g/mol. The maximum atomic E-state index is 12.4. The summed E-state index contributed by atoms with van der Waals surface area (Å²) in [5.74, 6) is -0.802. The molecule has 138 valence electrons. The molecule has 0 aliphatic carbocycles. The number of benzene rings is 1. The highest BCUT2D eigenvalue weighted by molar-refractivity contribution is 7.17. The highest BCUT2D eigenvalue weighted by atomic mass is 32.1. The Morgan fingerprint density at radius 3 is 2.52 bits per heavy atom. The highest BCUT2D eigenvalue weighted by Gasteiger charge is 2.17. The van der Waals surface area contributed by atoms with E-state index in [1.807, 2.05) is 43.3 Å². The number of nitrogens with one attached hydrogen (secondary N) is 2. The minimum absolute atomic E-state index is 0.390. The molecule has 1 aromatic carbocycles. The van der Waals surface area contributed by atoms with Crippen molar-refractivity contribution in [3.63, 3.8) is 0 Å². The van der Waals surface area contributed by atoms with Crippen LogP contribution in [0.1, 0.15) is 25.7 Å². The van der Waals surface area contributed by atoms with Crippen molar-refractivity contribution in [3.05, 3.63) is 64.8 Å². The first-order chi connectivity index (χ1) is 13.0. The van der Waals surface area contributed by atoms with E-state index < -0.39 is 5.91 Å². The van der Waals surface area contributed by atoms with Gasteiger partial charge >= 0.3 is 0 Å². The molecule has 0 saturated carbocycles. The molecule has 0 saturated heterocycles. The van der Waals surface area contributed by atoms with Gasteiger partial charge in [-0.15, -0.1) is 11.3 Å². The lowest BCUT2D eigenvalue weighted by Crippen LogP contribution is -2.41. The third-order valence-corrected chi connectivity index (χ3v) is 4.98. The van der Waals surface area contributed by atoms with E-state index >= 15 is 0 Å². The lowest BCUT2D eigenvalue weighted by molar-refractivity contribution is 0.0848. The average molecular weight is 381 g/mol. The number of aryl methyl sites for hydroxylation is 1. The van der Waals surface area contributed by atoms with Crippen molar-refractivity contribution in [2.45, 2.75) is 6.92 Å². The molecule has 0 aliphatic rings. The summed E-state index contributed by atoms with van der Waals surface area (Å²) in [5.41, 5.74) is 7.53. The van der Waals surface area contributed by atoms with Gasteiger partial charge in [0.05, 0.1) is 11.4 Å². The van der Waals surface area contributed by atoms with E-state index in [9.17, 15) is 9.59 Å². The number of rotatable bonds is 4. The number of thiazole rings is 1. The van der Waals surface area contributed by atoms with Gasteiger partial charge in [-0.2, -0.15) is 0 Å². The molecule has 27 heavy (non-hydrogen) atoms. The van der Waals surface area contributed by atoms with Crippen LogP contribution in [0.25, 0.3) is 10.7 Å². The number of carbonyl (C=O) groups excluding carboxylic acids is 2. The van der Waals surface area contributed by atoms with Gasteiger partial charge < -0.3 is 4.90 Å². The molecule has 0 spiro atoms. The Hall–Kier alpha value is -3.26. The quantitative estimate of drug-likeness (QED) is 0.679. The Morgan fingerprint density at radius 2 is 1.81 bits per heavy atom. The molecule has 2 aromatic heterocycles. The van der Waals surface area contributed by atoms with Crippen LogP contribution in [-0.4, -0.2) is 35.9 Å². The molecule has 7 nitrogen and oxygen atoms in total. The molecule has 0 bridgehead atoms. The predicted molar refractivity (Wildman–Crippen MR) is 106 cm³/mol. The fraction of sp³-hybridized carbons (Fsp3) is 0.158. The molecule has 3 aromatic rings. The Labute approximate surface area is 161 Å². The highest BCUT2D eigenvalue weighted by Crippen LogP contribution is 2.26. The number of amides is 2. The van der Waals surface area contributed by atoms with Crippen molar-refractivity contribution in [3.8, 4) is 10.7 Å². The van der Waals surface area contributed by atoms with Crippen molar-refractivity contribution in [2.75, 3.05) is 19.0 Å². The Morgan fingerprint density at radius 1 is 1.04 bits per heavy atom. The third-order valence-electron chi connectivity index (χ3n) is 3.80. The summed E-state index contributed by atoms with van der Waals surface area (Å²) < 4.78 is 0. The van der Waals surface area contributed by atoms with Crippen LogP contribution in [0.5, 0.6) is 0 Å². The summed E-state index contributed by atoms with van der Waals surface area (Å²) in [7, 11) is 3.79. The van der Waals surface area contributed by atoms with Gasteiger partial charge in [-0.1, -0.05) is 12.1 Å². The number of pyridine rings is 1. The fourth-order valence-corrected chi connectivity index (χ4v) is 3.31. The molecule has 0 aliphatic heterocycles. The molecule has 2 amide bonds. The first-order valence-electron chi connectivity index (χ1n) is 8.22. The zero-order chi connectivity index (χ0) is 19.4. The molecule has 0 atom stereocenters. The second-order valence-electron chi connectivity index (χ2n) is 6.00. The Kier molecular flexibility index (Phi) is 5.46. The first-order valence-corrected chi connectivity index (χ1v) is 9.04. The van der Waals surface area contributed by atoms with E-state index in [-0.39, 0.29) is 5.91 Å². The summed E-state index contributed by atoms with van der Waals surface area (Å²) in [6, 6.07) is 12.6. The molecule has 8 heteroatoms. The van der Waals surface area contributed by atoms with E-state index in [1.165, 1.54) is 11.3 Å². The van der Waals surface area contributed by atoms with Gasteiger partial charge in [0.2, 0.25) is 0 Å². The first kappa shape index (κ1) is 18.5. The van der Waals surface area contributed by atoms with Gasteiger partial charge in [0, 0.05) is 31.5 Å². The number of anilines is 1. The largest absolute Gasteiger partial charge is 0.378 e. The van der Waals surface area contributed by atoms with Crippen LogP contribution in [0.3, 0.4) is 0 Å². The Bertz CT molecular complexity index is 969. The van der Waals surface area contributed by atoms with E-state index in [0.29, 0.717) is 26.8 Å². The second-order valence-corrected chi connectivity index (χ2v) is 7.00. The van der Waals surface area contributed by atoms with Gasteiger partial charge in [0.15, 0.2) is 0 Å². The molecule has 0 fully saturated rings. The van der Waals surface area contributed by atoms with E-state index in [0.717, 1.165) is 5.69 Å². The minimum Gasteiger partial charge on any atom is -0.378 e. The molecule has 2 heterocycles. The van der Waals surface area contributed by atoms with Crippen LogP contribution in [-0.2, 0) is 0 Å². The molecular formula is C19H19N5O2S. The number of hydrogen-bond donors (Lipinski definition) is 2. The summed E-state index contributed by atoms with van der Waals surface area (Å²) in [5, 5.41) is 0.656. The predicted octanol–water partition coefficient (Wildman–Crippen LogP) is 2.65. The van der Waals surface area contributed by atoms with Gasteiger partial charge in [-0.25, -0.2) is 4.98 Å². The third kappa shape index (κ3) is 4.29. The second kappa shape index (κ2) is 7.96. The van der Waals surface area contributed by atoms with Crippen molar-refractivity contribution in [1.29, 1.82) is 0 Å². The minimum atomic E-state index is -0.413. The van der Waals surface area contributed by atoms with E-state index in [4.69, 9.17) is 0 Å². The van der Waals surface area contributed by atoms with Crippen LogP contribution in [0.4, 0.5) is 5.69 Å². The number of hydrogen-bond acceptors (Lipinski definition) is 6. The Balaban J connectivity index is 1.68. The number of aromatic nitrogens is 2. The van der Waals surface area contributed by atoms with Crippen molar-refractivity contribution in [1.82, 2.24) is 20.8 Å². The lowest BCUT2D eigenvalue weighted by Gasteiger charge is -2.13. The van der Waals surface area contributed by atoms with Crippen LogP contribution in [0, 0.1) is 6.92 Å². The zero-order valence-electron chi connectivity index (χ0n) is 15.2. The van der Waals surface area contributed by atoms with Crippen LogP contribution in [0.2, 0.25) is 0 Å². The van der Waals surface area contributed by atoms with E-state index in [2.05, 4.69) is 20.8 Å². The molecule has 3 rings (SSSR count). The maximum Gasteiger partial charge on any atom is 0.281 e. The van der Waals surface area contributed by atoms with Crippen LogP contribution >= 0.6 is 11.3 Å². The van der Waals surface area contributed by atoms with Crippen LogP contribution in [0.15, 0.2) is 48.7 Å². The van der Waals surface area contributed by atoms with Crippen molar-refractivity contribution < 1.29 is 9.59 Å². The monoisotopic (exact) mass is 381 g/mol. The molecule has 0 radical (unpaired) electrons. The molecule has 0 unspecified atom stereocenters. The van der Waals surface area contributed by atoms with Gasteiger partial charge in [-0.3, -0.25) is 25.4 Å².